The van der Waals surface area contributed by atoms with E-state index in [2.05, 4.69) is 15.5 Å². The molecule has 0 spiro atoms. The molecule has 5 nitrogen and oxygen atoms in total. The Morgan fingerprint density at radius 2 is 2.06 bits per heavy atom. The monoisotopic (exact) mass is 265 g/mol. The Balaban J connectivity index is 2.13. The number of nitrogens with one attached hydrogen (secondary N) is 1. The van der Waals surface area contributed by atoms with Gasteiger partial charge < -0.3 is 14.8 Å². The molecule has 2 rings (SSSR count). The van der Waals surface area contributed by atoms with Crippen molar-refractivity contribution in [3.8, 4) is 16.3 Å². The van der Waals surface area contributed by atoms with Crippen molar-refractivity contribution in [1.29, 1.82) is 0 Å². The van der Waals surface area contributed by atoms with Crippen LogP contribution in [0.1, 0.15) is 0 Å². The Bertz CT molecular complexity index is 502. The SMILES string of the molecule is COCCNc1nnc(-c2ccccc2OC)s1. The zero-order valence-electron chi connectivity index (χ0n) is 10.3. The van der Waals surface area contributed by atoms with E-state index in [1.54, 1.807) is 14.2 Å². The molecule has 0 aliphatic carbocycles. The number of nitrogens with zero attached hydrogens (tertiary/aromatic N) is 2. The standard InChI is InChI=1S/C12H15N3O2S/c1-16-8-7-13-12-15-14-11(18-12)9-5-3-4-6-10(9)17-2/h3-6H,7-8H2,1-2H3,(H,13,15). The molecule has 0 aliphatic heterocycles. The van der Waals surface area contributed by atoms with Gasteiger partial charge in [-0.25, -0.2) is 0 Å². The van der Waals surface area contributed by atoms with Crippen LogP contribution in [0.2, 0.25) is 0 Å². The van der Waals surface area contributed by atoms with Gasteiger partial charge in [-0.05, 0) is 12.1 Å². The van der Waals surface area contributed by atoms with Gasteiger partial charge in [0.15, 0.2) is 5.01 Å². The van der Waals surface area contributed by atoms with E-state index < -0.39 is 0 Å². The average Bonchev–Trinajstić information content (AvgIpc) is 2.88. The van der Waals surface area contributed by atoms with Gasteiger partial charge in [0.1, 0.15) is 5.75 Å². The van der Waals surface area contributed by atoms with E-state index in [1.807, 2.05) is 24.3 Å². The van der Waals surface area contributed by atoms with Crippen LogP contribution in [0.25, 0.3) is 10.6 Å². The maximum atomic E-state index is 5.31. The molecule has 0 saturated carbocycles. The van der Waals surface area contributed by atoms with Crippen molar-refractivity contribution in [3.05, 3.63) is 24.3 Å². The number of methoxy groups -OCH3 is 2. The molecule has 96 valence electrons. The lowest BCUT2D eigenvalue weighted by molar-refractivity contribution is 0.211. The third-order valence-corrected chi connectivity index (χ3v) is 3.26. The van der Waals surface area contributed by atoms with Crippen LogP contribution in [0.5, 0.6) is 5.75 Å². The predicted octanol–water partition coefficient (Wildman–Crippen LogP) is 2.27. The van der Waals surface area contributed by atoms with Crippen molar-refractivity contribution in [2.75, 3.05) is 32.7 Å². The van der Waals surface area contributed by atoms with Gasteiger partial charge in [-0.3, -0.25) is 0 Å². The molecular weight excluding hydrogens is 250 g/mol. The number of benzene rings is 1. The number of aromatic nitrogens is 2. The molecule has 0 fully saturated rings. The summed E-state index contributed by atoms with van der Waals surface area (Å²) in [4.78, 5) is 0. The van der Waals surface area contributed by atoms with Gasteiger partial charge in [0, 0.05) is 13.7 Å². The molecule has 0 amide bonds. The van der Waals surface area contributed by atoms with E-state index in [0.29, 0.717) is 6.61 Å². The number of ether oxygens (including phenoxy) is 2. The van der Waals surface area contributed by atoms with Crippen LogP contribution in [0.15, 0.2) is 24.3 Å². The first-order valence-electron chi connectivity index (χ1n) is 5.55. The lowest BCUT2D eigenvalue weighted by Crippen LogP contribution is -2.06. The highest BCUT2D eigenvalue weighted by atomic mass is 32.1. The summed E-state index contributed by atoms with van der Waals surface area (Å²) in [5.41, 5.74) is 0.956. The molecule has 0 unspecified atom stereocenters. The summed E-state index contributed by atoms with van der Waals surface area (Å²) < 4.78 is 10.3. The minimum Gasteiger partial charge on any atom is -0.496 e. The fourth-order valence-electron chi connectivity index (χ4n) is 1.48. The Labute approximate surface area is 110 Å². The minimum atomic E-state index is 0.642. The van der Waals surface area contributed by atoms with Crippen molar-refractivity contribution in [2.24, 2.45) is 0 Å². The third kappa shape index (κ3) is 2.96. The summed E-state index contributed by atoms with van der Waals surface area (Å²) in [6, 6.07) is 7.77. The van der Waals surface area contributed by atoms with Gasteiger partial charge in [-0.1, -0.05) is 23.5 Å². The van der Waals surface area contributed by atoms with Crippen LogP contribution < -0.4 is 10.1 Å². The number of hydrogen-bond donors (Lipinski definition) is 1. The number of hydrogen-bond acceptors (Lipinski definition) is 6. The van der Waals surface area contributed by atoms with Gasteiger partial charge in [-0.15, -0.1) is 10.2 Å². The third-order valence-electron chi connectivity index (χ3n) is 2.34. The van der Waals surface area contributed by atoms with Crippen molar-refractivity contribution in [1.82, 2.24) is 10.2 Å². The number of anilines is 1. The van der Waals surface area contributed by atoms with Gasteiger partial charge in [0.2, 0.25) is 5.13 Å². The predicted molar refractivity (Wildman–Crippen MR) is 72.3 cm³/mol. The molecule has 0 saturated heterocycles. The maximum absolute atomic E-state index is 5.31. The fraction of sp³-hybridized carbons (Fsp3) is 0.333. The van der Waals surface area contributed by atoms with Crippen LogP contribution in [0.3, 0.4) is 0 Å². The lowest BCUT2D eigenvalue weighted by atomic mass is 10.2. The van der Waals surface area contributed by atoms with E-state index in [1.165, 1.54) is 11.3 Å². The summed E-state index contributed by atoms with van der Waals surface area (Å²) >= 11 is 1.50. The lowest BCUT2D eigenvalue weighted by Gasteiger charge is -2.03. The first kappa shape index (κ1) is 12.8. The van der Waals surface area contributed by atoms with E-state index in [-0.39, 0.29) is 0 Å². The zero-order chi connectivity index (χ0) is 12.8. The van der Waals surface area contributed by atoms with E-state index >= 15 is 0 Å². The summed E-state index contributed by atoms with van der Waals surface area (Å²) in [7, 11) is 3.32. The summed E-state index contributed by atoms with van der Waals surface area (Å²) in [6.45, 7) is 1.36. The molecule has 0 radical (unpaired) electrons. The number of rotatable bonds is 6. The Hall–Kier alpha value is -1.66. The van der Waals surface area contributed by atoms with Gasteiger partial charge in [0.05, 0.1) is 19.3 Å². The van der Waals surface area contributed by atoms with Crippen LogP contribution in [-0.2, 0) is 4.74 Å². The first-order valence-corrected chi connectivity index (χ1v) is 6.36. The molecule has 6 heteroatoms. The Morgan fingerprint density at radius 3 is 2.83 bits per heavy atom. The van der Waals surface area contributed by atoms with Gasteiger partial charge in [0.25, 0.3) is 0 Å². The van der Waals surface area contributed by atoms with Crippen LogP contribution >= 0.6 is 11.3 Å². The molecule has 1 N–H and O–H groups in total. The second-order valence-corrected chi connectivity index (χ2v) is 4.51. The average molecular weight is 265 g/mol. The van der Waals surface area contributed by atoms with Gasteiger partial charge in [-0.2, -0.15) is 0 Å². The normalized spacial score (nSPS) is 10.3. The quantitative estimate of drug-likeness (QED) is 0.812. The molecule has 2 aromatic rings. The smallest absolute Gasteiger partial charge is 0.206 e. The van der Waals surface area contributed by atoms with Gasteiger partial charge >= 0.3 is 0 Å². The van der Waals surface area contributed by atoms with E-state index in [4.69, 9.17) is 9.47 Å². The topological polar surface area (TPSA) is 56.3 Å². The van der Waals surface area contributed by atoms with E-state index in [0.717, 1.165) is 28.0 Å². The summed E-state index contributed by atoms with van der Waals surface area (Å²) in [5, 5.41) is 13.0. The first-order chi connectivity index (χ1) is 8.85. The second kappa shape index (κ2) is 6.32. The fourth-order valence-corrected chi connectivity index (χ4v) is 2.28. The van der Waals surface area contributed by atoms with Crippen molar-refractivity contribution < 1.29 is 9.47 Å². The van der Waals surface area contributed by atoms with Crippen molar-refractivity contribution in [2.45, 2.75) is 0 Å². The zero-order valence-corrected chi connectivity index (χ0v) is 11.2. The largest absolute Gasteiger partial charge is 0.496 e. The molecule has 18 heavy (non-hydrogen) atoms. The molecule has 0 bridgehead atoms. The summed E-state index contributed by atoms with van der Waals surface area (Å²) in [6.07, 6.45) is 0. The second-order valence-electron chi connectivity index (χ2n) is 3.53. The van der Waals surface area contributed by atoms with Crippen LogP contribution in [0.4, 0.5) is 5.13 Å². The van der Waals surface area contributed by atoms with Crippen LogP contribution in [0, 0.1) is 0 Å². The molecule has 1 aromatic carbocycles. The Kier molecular flexibility index (Phi) is 4.49. The maximum Gasteiger partial charge on any atom is 0.206 e. The molecular formula is C12H15N3O2S. The highest BCUT2D eigenvalue weighted by Gasteiger charge is 2.10. The Morgan fingerprint density at radius 1 is 1.22 bits per heavy atom. The van der Waals surface area contributed by atoms with Crippen molar-refractivity contribution in [3.63, 3.8) is 0 Å². The number of para-hydroxylation sites is 1. The van der Waals surface area contributed by atoms with Crippen molar-refractivity contribution >= 4 is 16.5 Å². The molecule has 0 aliphatic rings. The summed E-state index contributed by atoms with van der Waals surface area (Å²) in [5.74, 6) is 0.803. The minimum absolute atomic E-state index is 0.642. The highest BCUT2D eigenvalue weighted by Crippen LogP contribution is 2.32. The molecule has 1 heterocycles. The molecule has 0 atom stereocenters. The highest BCUT2D eigenvalue weighted by molar-refractivity contribution is 7.18. The molecule has 1 aromatic heterocycles. The van der Waals surface area contributed by atoms with E-state index in [9.17, 15) is 0 Å². The van der Waals surface area contributed by atoms with Crippen LogP contribution in [-0.4, -0.2) is 37.6 Å².